The first-order valence-corrected chi connectivity index (χ1v) is 6.75. The molecule has 0 aliphatic heterocycles. The summed E-state index contributed by atoms with van der Waals surface area (Å²) < 4.78 is 0. The number of nitrogens with two attached hydrogens (primary N) is 1. The molecule has 0 amide bonds. The SMILES string of the molecule is Cc1cccc(N(CCCN)c2ncccc2Cl)c1. The Labute approximate surface area is 119 Å². The first-order valence-electron chi connectivity index (χ1n) is 6.37. The number of aromatic nitrogens is 1. The largest absolute Gasteiger partial charge is 0.330 e. The lowest BCUT2D eigenvalue weighted by molar-refractivity contribution is 0.810. The number of hydrogen-bond donors (Lipinski definition) is 1. The van der Waals surface area contributed by atoms with E-state index in [1.165, 1.54) is 5.56 Å². The maximum absolute atomic E-state index is 6.25. The number of halogens is 1. The van der Waals surface area contributed by atoms with E-state index in [2.05, 4.69) is 35.0 Å². The van der Waals surface area contributed by atoms with Crippen molar-refractivity contribution >= 4 is 23.1 Å². The fraction of sp³-hybridized carbons (Fsp3) is 0.267. The Morgan fingerprint density at radius 3 is 2.79 bits per heavy atom. The van der Waals surface area contributed by atoms with Gasteiger partial charge in [0.1, 0.15) is 0 Å². The van der Waals surface area contributed by atoms with Gasteiger partial charge in [-0.1, -0.05) is 23.7 Å². The van der Waals surface area contributed by atoms with Crippen LogP contribution in [0.15, 0.2) is 42.6 Å². The lowest BCUT2D eigenvalue weighted by Crippen LogP contribution is -2.22. The number of anilines is 2. The van der Waals surface area contributed by atoms with Crippen LogP contribution in [0.25, 0.3) is 0 Å². The smallest absolute Gasteiger partial charge is 0.151 e. The molecule has 0 fully saturated rings. The van der Waals surface area contributed by atoms with Crippen molar-refractivity contribution in [3.05, 3.63) is 53.2 Å². The summed E-state index contributed by atoms with van der Waals surface area (Å²) in [4.78, 5) is 6.50. The zero-order valence-corrected chi connectivity index (χ0v) is 11.8. The maximum Gasteiger partial charge on any atom is 0.151 e. The van der Waals surface area contributed by atoms with E-state index in [1.54, 1.807) is 6.20 Å². The van der Waals surface area contributed by atoms with E-state index in [1.807, 2.05) is 18.2 Å². The summed E-state index contributed by atoms with van der Waals surface area (Å²) in [5.74, 6) is 0.781. The predicted molar refractivity (Wildman–Crippen MR) is 81.1 cm³/mol. The van der Waals surface area contributed by atoms with Gasteiger partial charge < -0.3 is 10.6 Å². The molecule has 0 unspecified atom stereocenters. The van der Waals surface area contributed by atoms with Crippen LogP contribution >= 0.6 is 11.6 Å². The normalized spacial score (nSPS) is 10.5. The third-order valence-corrected chi connectivity index (χ3v) is 3.19. The minimum absolute atomic E-state index is 0.646. The Morgan fingerprint density at radius 2 is 2.11 bits per heavy atom. The van der Waals surface area contributed by atoms with Crippen molar-refractivity contribution in [3.8, 4) is 0 Å². The summed E-state index contributed by atoms with van der Waals surface area (Å²) in [7, 11) is 0. The van der Waals surface area contributed by atoms with Crippen LogP contribution in [0.1, 0.15) is 12.0 Å². The van der Waals surface area contributed by atoms with Crippen LogP contribution in [0.4, 0.5) is 11.5 Å². The van der Waals surface area contributed by atoms with Crippen molar-refractivity contribution in [2.45, 2.75) is 13.3 Å². The fourth-order valence-electron chi connectivity index (χ4n) is 1.98. The average Bonchev–Trinajstić information content (AvgIpc) is 2.41. The molecule has 2 aromatic rings. The molecule has 0 saturated carbocycles. The molecule has 0 spiro atoms. The Bertz CT molecular complexity index is 542. The van der Waals surface area contributed by atoms with Gasteiger partial charge in [-0.2, -0.15) is 0 Å². The highest BCUT2D eigenvalue weighted by atomic mass is 35.5. The van der Waals surface area contributed by atoms with E-state index in [4.69, 9.17) is 17.3 Å². The first kappa shape index (κ1) is 13.8. The third kappa shape index (κ3) is 3.46. The zero-order valence-electron chi connectivity index (χ0n) is 11.0. The molecule has 4 heteroatoms. The standard InChI is InChI=1S/C15H18ClN3/c1-12-5-2-6-13(11-12)19(10-4-8-17)15-14(16)7-3-9-18-15/h2-3,5-7,9,11H,4,8,10,17H2,1H3. The highest BCUT2D eigenvalue weighted by molar-refractivity contribution is 6.33. The maximum atomic E-state index is 6.25. The van der Waals surface area contributed by atoms with Gasteiger partial charge in [0, 0.05) is 18.4 Å². The summed E-state index contributed by atoms with van der Waals surface area (Å²) in [6.07, 6.45) is 2.65. The van der Waals surface area contributed by atoms with Crippen LogP contribution in [-0.4, -0.2) is 18.1 Å². The molecule has 0 aliphatic carbocycles. The van der Waals surface area contributed by atoms with Gasteiger partial charge in [0.2, 0.25) is 0 Å². The number of hydrogen-bond acceptors (Lipinski definition) is 3. The van der Waals surface area contributed by atoms with Gasteiger partial charge in [0.25, 0.3) is 0 Å². The second-order valence-electron chi connectivity index (χ2n) is 4.44. The van der Waals surface area contributed by atoms with Crippen molar-refractivity contribution in [1.29, 1.82) is 0 Å². The molecule has 0 radical (unpaired) electrons. The summed E-state index contributed by atoms with van der Waals surface area (Å²) in [6.45, 7) is 3.52. The van der Waals surface area contributed by atoms with Crippen molar-refractivity contribution in [1.82, 2.24) is 4.98 Å². The van der Waals surface area contributed by atoms with Crippen molar-refractivity contribution in [3.63, 3.8) is 0 Å². The summed E-state index contributed by atoms with van der Waals surface area (Å²) >= 11 is 6.25. The monoisotopic (exact) mass is 275 g/mol. The van der Waals surface area contributed by atoms with E-state index in [-0.39, 0.29) is 0 Å². The fourth-order valence-corrected chi connectivity index (χ4v) is 2.20. The summed E-state index contributed by atoms with van der Waals surface area (Å²) in [5.41, 5.74) is 7.92. The highest BCUT2D eigenvalue weighted by Gasteiger charge is 2.13. The van der Waals surface area contributed by atoms with Crippen LogP contribution in [0.5, 0.6) is 0 Å². The summed E-state index contributed by atoms with van der Waals surface area (Å²) in [6, 6.07) is 12.0. The molecular formula is C15H18ClN3. The Morgan fingerprint density at radius 1 is 1.26 bits per heavy atom. The Kier molecular flexibility index (Phi) is 4.77. The Hall–Kier alpha value is -1.58. The van der Waals surface area contributed by atoms with Gasteiger partial charge in [-0.15, -0.1) is 0 Å². The van der Waals surface area contributed by atoms with Gasteiger partial charge in [-0.05, 0) is 49.7 Å². The van der Waals surface area contributed by atoms with Crippen LogP contribution < -0.4 is 10.6 Å². The second kappa shape index (κ2) is 6.55. The van der Waals surface area contributed by atoms with Crippen molar-refractivity contribution < 1.29 is 0 Å². The number of aryl methyl sites for hydroxylation is 1. The number of benzene rings is 1. The molecule has 100 valence electrons. The topological polar surface area (TPSA) is 42.1 Å². The Balaban J connectivity index is 2.38. The molecule has 1 aromatic heterocycles. The van der Waals surface area contributed by atoms with Crippen LogP contribution in [0, 0.1) is 6.92 Å². The van der Waals surface area contributed by atoms with Crippen molar-refractivity contribution in [2.75, 3.05) is 18.0 Å². The second-order valence-corrected chi connectivity index (χ2v) is 4.85. The molecule has 0 bridgehead atoms. The number of nitrogens with zero attached hydrogens (tertiary/aromatic N) is 2. The van der Waals surface area contributed by atoms with E-state index >= 15 is 0 Å². The quantitative estimate of drug-likeness (QED) is 0.908. The molecular weight excluding hydrogens is 258 g/mol. The number of pyridine rings is 1. The lowest BCUT2D eigenvalue weighted by atomic mass is 10.2. The summed E-state index contributed by atoms with van der Waals surface area (Å²) in [5, 5.41) is 0.654. The predicted octanol–water partition coefficient (Wildman–Crippen LogP) is 3.53. The minimum atomic E-state index is 0.646. The van der Waals surface area contributed by atoms with Gasteiger partial charge in [-0.3, -0.25) is 0 Å². The van der Waals surface area contributed by atoms with E-state index in [0.29, 0.717) is 11.6 Å². The molecule has 0 aliphatic rings. The molecule has 1 heterocycles. The molecule has 2 rings (SSSR count). The number of rotatable bonds is 5. The average molecular weight is 276 g/mol. The van der Waals surface area contributed by atoms with Crippen molar-refractivity contribution in [2.24, 2.45) is 5.73 Å². The van der Waals surface area contributed by atoms with E-state index in [0.717, 1.165) is 24.5 Å². The molecule has 19 heavy (non-hydrogen) atoms. The molecule has 0 atom stereocenters. The van der Waals surface area contributed by atoms with Crippen LogP contribution in [0.2, 0.25) is 5.02 Å². The van der Waals surface area contributed by atoms with Crippen LogP contribution in [-0.2, 0) is 0 Å². The highest BCUT2D eigenvalue weighted by Crippen LogP contribution is 2.30. The first-order chi connectivity index (χ1) is 9.22. The zero-order chi connectivity index (χ0) is 13.7. The van der Waals surface area contributed by atoms with Gasteiger partial charge in [-0.25, -0.2) is 4.98 Å². The third-order valence-electron chi connectivity index (χ3n) is 2.89. The molecule has 2 N–H and O–H groups in total. The molecule has 0 saturated heterocycles. The molecule has 3 nitrogen and oxygen atoms in total. The van der Waals surface area contributed by atoms with Crippen LogP contribution in [0.3, 0.4) is 0 Å². The minimum Gasteiger partial charge on any atom is -0.330 e. The van der Waals surface area contributed by atoms with Gasteiger partial charge in [0.05, 0.1) is 5.02 Å². The van der Waals surface area contributed by atoms with E-state index < -0.39 is 0 Å². The van der Waals surface area contributed by atoms with Gasteiger partial charge >= 0.3 is 0 Å². The van der Waals surface area contributed by atoms with E-state index in [9.17, 15) is 0 Å². The van der Waals surface area contributed by atoms with Gasteiger partial charge in [0.15, 0.2) is 5.82 Å². The molecule has 1 aromatic carbocycles. The lowest BCUT2D eigenvalue weighted by Gasteiger charge is -2.24.